The van der Waals surface area contributed by atoms with Gasteiger partial charge in [0.15, 0.2) is 11.5 Å². The highest BCUT2D eigenvalue weighted by Crippen LogP contribution is 2.49. The first-order valence-electron chi connectivity index (χ1n) is 12.6. The Morgan fingerprint density at radius 1 is 1.17 bits per heavy atom. The molecule has 0 spiro atoms. The number of hydrogen-bond acceptors (Lipinski definition) is 6. The van der Waals surface area contributed by atoms with E-state index in [1.165, 1.54) is 5.56 Å². The summed E-state index contributed by atoms with van der Waals surface area (Å²) in [4.78, 5) is 26.3. The van der Waals surface area contributed by atoms with Crippen LogP contribution in [0.4, 0.5) is 4.79 Å². The van der Waals surface area contributed by atoms with Crippen LogP contribution in [0, 0.1) is 11.8 Å². The van der Waals surface area contributed by atoms with Crippen molar-refractivity contribution < 1.29 is 24.2 Å². The molecule has 3 fully saturated rings. The molecule has 4 atom stereocenters. The van der Waals surface area contributed by atoms with Gasteiger partial charge in [0.1, 0.15) is 0 Å². The normalized spacial score (nSPS) is 29.9. The van der Waals surface area contributed by atoms with E-state index < -0.39 is 5.97 Å². The Morgan fingerprint density at radius 2 is 1.94 bits per heavy atom. The number of likely N-dealkylation sites (N-methyl/N-ethyl adjacent to an activating group) is 1. The maximum Gasteiger partial charge on any atom is 0.335 e. The first-order chi connectivity index (χ1) is 16.9. The van der Waals surface area contributed by atoms with E-state index in [4.69, 9.17) is 9.47 Å². The number of aliphatic carboxylic acids is 1. The van der Waals surface area contributed by atoms with Crippen molar-refractivity contribution in [3.63, 3.8) is 0 Å². The average Bonchev–Trinajstić information content (AvgIpc) is 3.22. The number of benzene rings is 1. The number of carbonyl (C=O) groups is 2. The van der Waals surface area contributed by atoms with Crippen LogP contribution in [0.3, 0.4) is 0 Å². The van der Waals surface area contributed by atoms with Crippen LogP contribution in [0.1, 0.15) is 56.9 Å². The number of nitrogens with one attached hydrogen (secondary N) is 2. The van der Waals surface area contributed by atoms with Crippen molar-refractivity contribution in [1.82, 2.24) is 15.6 Å². The third kappa shape index (κ3) is 5.24. The van der Waals surface area contributed by atoms with E-state index in [2.05, 4.69) is 39.9 Å². The predicted molar refractivity (Wildman–Crippen MR) is 133 cm³/mol. The van der Waals surface area contributed by atoms with E-state index in [0.717, 1.165) is 68.7 Å². The molecule has 1 heterocycles. The van der Waals surface area contributed by atoms with Crippen LogP contribution < -0.4 is 20.2 Å². The lowest BCUT2D eigenvalue weighted by atomic mass is 9.65. The zero-order valence-corrected chi connectivity index (χ0v) is 21.0. The highest BCUT2D eigenvalue weighted by atomic mass is 16.5. The van der Waals surface area contributed by atoms with Gasteiger partial charge >= 0.3 is 12.0 Å². The molecule has 0 aromatic heterocycles. The Balaban J connectivity index is 1.38. The van der Waals surface area contributed by atoms with Crippen molar-refractivity contribution in [2.45, 2.75) is 62.8 Å². The maximum absolute atomic E-state index is 12.4. The van der Waals surface area contributed by atoms with E-state index in [-0.39, 0.29) is 29.3 Å². The topological polar surface area (TPSA) is 112 Å². The Kier molecular flexibility index (Phi) is 7.84. The molecule has 3 aliphatic rings. The molecule has 2 unspecified atom stereocenters. The molecular formula is C26H38N4O5. The summed E-state index contributed by atoms with van der Waals surface area (Å²) in [5, 5.41) is 16.7. The minimum absolute atomic E-state index is 0.0163. The number of ether oxygens (including phenoxy) is 2. The van der Waals surface area contributed by atoms with E-state index in [1.807, 2.05) is 6.07 Å². The summed E-state index contributed by atoms with van der Waals surface area (Å²) >= 11 is 0. The van der Waals surface area contributed by atoms with Crippen LogP contribution >= 0.6 is 0 Å². The van der Waals surface area contributed by atoms with Gasteiger partial charge in [-0.3, -0.25) is 4.79 Å². The third-order valence-electron chi connectivity index (χ3n) is 8.39. The van der Waals surface area contributed by atoms with Gasteiger partial charge in [0.25, 0.3) is 0 Å². The molecule has 0 radical (unpaired) electrons. The molecule has 1 aromatic rings. The van der Waals surface area contributed by atoms with Gasteiger partial charge in [0, 0.05) is 30.1 Å². The fourth-order valence-corrected chi connectivity index (χ4v) is 6.35. The van der Waals surface area contributed by atoms with Crippen molar-refractivity contribution in [2.75, 3.05) is 34.4 Å². The van der Waals surface area contributed by atoms with Crippen LogP contribution in [-0.4, -0.2) is 68.1 Å². The van der Waals surface area contributed by atoms with Gasteiger partial charge in [-0.1, -0.05) is 18.9 Å². The number of carbonyl (C=O) groups excluding carboxylic acids is 1. The molecule has 1 saturated heterocycles. The summed E-state index contributed by atoms with van der Waals surface area (Å²) in [5.74, 6) is 0.304. The quantitative estimate of drug-likeness (QED) is 0.510. The fraction of sp³-hybridized carbons (Fsp3) is 0.654. The molecule has 4 rings (SSSR count). The Morgan fingerprint density at radius 3 is 2.69 bits per heavy atom. The first-order valence-corrected chi connectivity index (χ1v) is 12.6. The summed E-state index contributed by atoms with van der Waals surface area (Å²) in [6.45, 7) is 1.37. The highest BCUT2D eigenvalue weighted by Gasteiger charge is 2.50. The summed E-state index contributed by atoms with van der Waals surface area (Å²) in [7, 11) is 5.46. The third-order valence-corrected chi connectivity index (χ3v) is 8.39. The lowest BCUT2D eigenvalue weighted by Gasteiger charge is -2.42. The van der Waals surface area contributed by atoms with Gasteiger partial charge in [0.05, 0.1) is 20.1 Å². The second-order valence-electron chi connectivity index (χ2n) is 10.2. The van der Waals surface area contributed by atoms with Crippen molar-refractivity contribution in [2.24, 2.45) is 16.9 Å². The van der Waals surface area contributed by atoms with Crippen LogP contribution in [0.2, 0.25) is 0 Å². The van der Waals surface area contributed by atoms with Crippen molar-refractivity contribution in [3.8, 4) is 11.5 Å². The number of amides is 2. The van der Waals surface area contributed by atoms with Crippen molar-refractivity contribution in [1.29, 1.82) is 0 Å². The lowest BCUT2D eigenvalue weighted by molar-refractivity contribution is -0.144. The molecule has 2 amide bonds. The molecule has 9 heteroatoms. The number of fused-ring (bicyclic) bond motifs is 1. The number of likely N-dealkylation sites (tertiary alicyclic amines) is 1. The zero-order valence-electron chi connectivity index (χ0n) is 21.0. The molecule has 9 nitrogen and oxygen atoms in total. The van der Waals surface area contributed by atoms with Crippen LogP contribution in [0.25, 0.3) is 0 Å². The van der Waals surface area contributed by atoms with Gasteiger partial charge in [-0.15, -0.1) is 0 Å². The van der Waals surface area contributed by atoms with Crippen molar-refractivity contribution in [3.05, 3.63) is 23.8 Å². The molecule has 2 aliphatic carbocycles. The SMILES string of the molecule is COc1ccc([C@@]23CCC(=NNC(=O)NCC4CCCCC4C(=O)O)C[C@@H]2N(C)CC3)cc1OC. The largest absolute Gasteiger partial charge is 0.493 e. The number of rotatable bonds is 7. The number of carboxylic acids is 1. The number of hydrazone groups is 1. The highest BCUT2D eigenvalue weighted by molar-refractivity contribution is 5.88. The minimum Gasteiger partial charge on any atom is -0.493 e. The standard InChI is InChI=1S/C26H38N4O5/c1-30-13-12-26(18-8-9-21(34-2)22(14-18)35-3)11-10-19(15-23(26)30)28-29-25(33)27-16-17-6-4-5-7-20(17)24(31)32/h8-9,14,17,20,23H,4-7,10-13,15-16H2,1-3H3,(H,31,32)(H2,27,29,33)/t17?,20?,23-,26-/m0/s1. The summed E-state index contributed by atoms with van der Waals surface area (Å²) in [5.41, 5.74) is 4.91. The monoisotopic (exact) mass is 486 g/mol. The predicted octanol–water partition coefficient (Wildman–Crippen LogP) is 3.38. The van der Waals surface area contributed by atoms with Crippen LogP contribution in [0.15, 0.2) is 23.3 Å². The molecular weight excluding hydrogens is 448 g/mol. The second kappa shape index (κ2) is 10.8. The van der Waals surface area contributed by atoms with Gasteiger partial charge < -0.3 is 24.8 Å². The number of hydrogen-bond donors (Lipinski definition) is 3. The Bertz CT molecular complexity index is 967. The summed E-state index contributed by atoms with van der Waals surface area (Å²) in [6.07, 6.45) is 7.07. The fourth-order valence-electron chi connectivity index (χ4n) is 6.35. The van der Waals surface area contributed by atoms with Gasteiger partial charge in [0.2, 0.25) is 0 Å². The second-order valence-corrected chi connectivity index (χ2v) is 10.2. The lowest BCUT2D eigenvalue weighted by Crippen LogP contribution is -2.47. The number of carboxylic acid groups (broad SMARTS) is 1. The van der Waals surface area contributed by atoms with Gasteiger partial charge in [-0.2, -0.15) is 5.10 Å². The summed E-state index contributed by atoms with van der Waals surface area (Å²) in [6, 6.07) is 6.15. The minimum atomic E-state index is -0.766. The van der Waals surface area contributed by atoms with Crippen molar-refractivity contribution >= 4 is 17.7 Å². The van der Waals surface area contributed by atoms with E-state index in [1.54, 1.807) is 14.2 Å². The maximum atomic E-state index is 12.4. The average molecular weight is 487 g/mol. The molecule has 192 valence electrons. The van der Waals surface area contributed by atoms with E-state index in [0.29, 0.717) is 13.0 Å². The number of nitrogens with zero attached hydrogens (tertiary/aromatic N) is 2. The molecule has 0 bridgehead atoms. The van der Waals surface area contributed by atoms with E-state index >= 15 is 0 Å². The van der Waals surface area contributed by atoms with Crippen LogP contribution in [0.5, 0.6) is 11.5 Å². The van der Waals surface area contributed by atoms with E-state index in [9.17, 15) is 14.7 Å². The molecule has 35 heavy (non-hydrogen) atoms. The molecule has 1 aromatic carbocycles. The zero-order chi connectivity index (χ0) is 25.0. The smallest absolute Gasteiger partial charge is 0.335 e. The van der Waals surface area contributed by atoms with Crippen LogP contribution in [-0.2, 0) is 10.2 Å². The molecule has 3 N–H and O–H groups in total. The van der Waals surface area contributed by atoms with Gasteiger partial charge in [-0.05, 0) is 69.3 Å². The molecule has 1 aliphatic heterocycles. The Labute approximate surface area is 207 Å². The summed E-state index contributed by atoms with van der Waals surface area (Å²) < 4.78 is 11.0. The number of urea groups is 1. The first kappa shape index (κ1) is 25.3. The Hall–Kier alpha value is -2.81. The molecule has 2 saturated carbocycles. The number of methoxy groups -OCH3 is 2. The van der Waals surface area contributed by atoms with Gasteiger partial charge in [-0.25, -0.2) is 10.2 Å².